The van der Waals surface area contributed by atoms with Crippen molar-refractivity contribution in [2.45, 2.75) is 75.8 Å². The zero-order valence-electron chi connectivity index (χ0n) is 38.7. The van der Waals surface area contributed by atoms with E-state index in [1.807, 2.05) is 141 Å². The van der Waals surface area contributed by atoms with Gasteiger partial charge in [-0.15, -0.1) is 22.7 Å². The highest BCUT2D eigenvalue weighted by Crippen LogP contribution is 2.41. The average Bonchev–Trinajstić information content (AvgIpc) is 4.27. The molecule has 2 aliphatic rings. The quantitative estimate of drug-likeness (QED) is 0.0933. The highest BCUT2D eigenvalue weighted by Gasteiger charge is 2.38. The fourth-order valence-corrected chi connectivity index (χ4v) is 11.7. The first kappa shape index (κ1) is 46.3. The summed E-state index contributed by atoms with van der Waals surface area (Å²) < 4.78 is 3.91. The van der Waals surface area contributed by atoms with Gasteiger partial charge in [0.1, 0.15) is 22.1 Å². The molecular weight excluding hydrogens is 913 g/mol. The number of nitrogens with zero attached hydrogens (tertiary/aromatic N) is 6. The fourth-order valence-electron chi connectivity index (χ4n) is 9.54. The Labute approximate surface area is 415 Å². The number of aryl methyl sites for hydroxylation is 2. The largest absolute Gasteiger partial charge is 0.354 e. The molecule has 4 amide bonds. The number of likely N-dealkylation sites (tertiary alicyclic amines) is 2. The number of aromatic nitrogens is 4. The number of amides is 4. The summed E-state index contributed by atoms with van der Waals surface area (Å²) >= 11 is 3.22. The summed E-state index contributed by atoms with van der Waals surface area (Å²) in [6, 6.07) is 41.8. The summed E-state index contributed by atoms with van der Waals surface area (Å²) in [4.78, 5) is 70.6. The van der Waals surface area contributed by atoms with E-state index in [9.17, 15) is 19.2 Å². The van der Waals surface area contributed by atoms with Crippen molar-refractivity contribution >= 4 is 46.3 Å². The van der Waals surface area contributed by atoms with Crippen LogP contribution in [0.2, 0.25) is 0 Å². The normalized spacial score (nSPS) is 16.5. The molecule has 0 spiro atoms. The molecule has 2 saturated heterocycles. The molecule has 4 aromatic carbocycles. The molecule has 2 fully saturated rings. The molecule has 0 saturated carbocycles. The van der Waals surface area contributed by atoms with E-state index in [1.165, 1.54) is 0 Å². The minimum atomic E-state index is -0.785. The molecule has 14 heteroatoms. The van der Waals surface area contributed by atoms with Crippen LogP contribution in [-0.2, 0) is 32.3 Å². The van der Waals surface area contributed by atoms with Gasteiger partial charge in [0.15, 0.2) is 0 Å². The summed E-state index contributed by atoms with van der Waals surface area (Å²) in [7, 11) is 0. The van der Waals surface area contributed by atoms with Gasteiger partial charge in [-0.25, -0.2) is 9.97 Å². The van der Waals surface area contributed by atoms with Crippen molar-refractivity contribution in [3.05, 3.63) is 192 Å². The summed E-state index contributed by atoms with van der Waals surface area (Å²) in [5.41, 5.74) is 5.81. The van der Waals surface area contributed by atoms with Crippen LogP contribution in [0.3, 0.4) is 0 Å². The second-order valence-electron chi connectivity index (χ2n) is 17.8. The van der Waals surface area contributed by atoms with E-state index in [0.717, 1.165) is 78.8 Å². The Balaban J connectivity index is 0.778. The van der Waals surface area contributed by atoms with E-state index < -0.39 is 12.1 Å². The first-order chi connectivity index (χ1) is 34.3. The van der Waals surface area contributed by atoms with Crippen LogP contribution in [0.4, 0.5) is 0 Å². The van der Waals surface area contributed by atoms with Gasteiger partial charge in [-0.05, 0) is 83.3 Å². The molecule has 8 aromatic rings. The second-order valence-corrected chi connectivity index (χ2v) is 19.9. The van der Waals surface area contributed by atoms with Crippen LogP contribution in [0.25, 0.3) is 32.0 Å². The first-order valence-electron chi connectivity index (χ1n) is 24.0. The summed E-state index contributed by atoms with van der Waals surface area (Å²) in [5, 5.41) is 7.89. The van der Waals surface area contributed by atoms with E-state index in [4.69, 9.17) is 9.97 Å². The number of rotatable bonds is 17. The molecule has 0 unspecified atom stereocenters. The zero-order chi connectivity index (χ0) is 47.8. The maximum absolute atomic E-state index is 14.3. The van der Waals surface area contributed by atoms with Crippen LogP contribution in [0, 0.1) is 0 Å². The molecule has 70 heavy (non-hydrogen) atoms. The molecule has 0 aliphatic carbocycles. The van der Waals surface area contributed by atoms with E-state index in [2.05, 4.69) is 59.2 Å². The maximum atomic E-state index is 14.3. The molecular formula is C56H54N8O4S2. The van der Waals surface area contributed by atoms with E-state index in [1.54, 1.807) is 22.7 Å². The van der Waals surface area contributed by atoms with Gasteiger partial charge in [0.25, 0.3) is 0 Å². The third-order valence-electron chi connectivity index (χ3n) is 13.3. The molecule has 10 rings (SSSR count). The number of thiazole rings is 2. The van der Waals surface area contributed by atoms with Crippen LogP contribution >= 0.6 is 22.7 Å². The van der Waals surface area contributed by atoms with Crippen LogP contribution in [0.5, 0.6) is 0 Å². The Morgan fingerprint density at radius 2 is 0.871 bits per heavy atom. The molecule has 2 aliphatic heterocycles. The molecule has 12 nitrogen and oxygen atoms in total. The van der Waals surface area contributed by atoms with Crippen molar-refractivity contribution in [2.24, 2.45) is 0 Å². The molecule has 0 radical (unpaired) electrons. The number of carbonyl (C=O) groups is 4. The third-order valence-corrected chi connectivity index (χ3v) is 15.6. The summed E-state index contributed by atoms with van der Waals surface area (Å²) in [6.45, 7) is 2.28. The Morgan fingerprint density at radius 1 is 0.500 bits per heavy atom. The van der Waals surface area contributed by atoms with Crippen molar-refractivity contribution in [1.29, 1.82) is 0 Å². The minimum absolute atomic E-state index is 0.117. The van der Waals surface area contributed by atoms with Crippen LogP contribution in [-0.4, -0.2) is 65.6 Å². The molecule has 354 valence electrons. The number of benzene rings is 4. The lowest BCUT2D eigenvalue weighted by molar-refractivity contribution is -0.137. The molecule has 6 heterocycles. The minimum Gasteiger partial charge on any atom is -0.354 e. The van der Waals surface area contributed by atoms with Gasteiger partial charge in [-0.3, -0.25) is 19.2 Å². The van der Waals surface area contributed by atoms with Gasteiger partial charge >= 0.3 is 0 Å². The molecule has 4 aromatic heterocycles. The Bertz CT molecular complexity index is 2800. The standard InChI is InChI=1S/C56H54N8O4S2/c65-49(27-35-61-29-7-8-30-61)59-51(43-13-3-1-4-14-43)55(67)63-33-11-17-45(63)53-57-37-47(69-53)41-23-19-39(20-24-41)40-21-25-42(26-22-40)48-38-58-54(70-48)46-18-12-34-64(46)56(68)52(44-15-5-2-6-16-44)60-50(66)28-36-62-31-9-10-32-62/h1-10,13-16,19-26,29-32,37-38,45-46,51-52H,11-12,17-18,27-28,33-36H2,(H,59,65)(H,60,66)/t45-,46-,51-,52+/m0/s1. The topological polar surface area (TPSA) is 134 Å². The number of nitrogens with one attached hydrogen (secondary N) is 2. The van der Waals surface area contributed by atoms with Crippen LogP contribution in [0.1, 0.15) is 83.8 Å². The first-order valence-corrected chi connectivity index (χ1v) is 25.6. The number of carbonyl (C=O) groups excluding carboxylic acids is 4. The lowest BCUT2D eigenvalue weighted by atomic mass is 10.0. The fraction of sp³-hybridized carbons (Fsp3) is 0.250. The van der Waals surface area contributed by atoms with Crippen molar-refractivity contribution < 1.29 is 19.2 Å². The van der Waals surface area contributed by atoms with E-state index in [0.29, 0.717) is 26.2 Å². The van der Waals surface area contributed by atoms with Gasteiger partial charge in [-0.2, -0.15) is 0 Å². The zero-order valence-corrected chi connectivity index (χ0v) is 40.3. The van der Waals surface area contributed by atoms with E-state index in [-0.39, 0.29) is 48.6 Å². The van der Waals surface area contributed by atoms with Gasteiger partial charge in [0, 0.05) is 76.2 Å². The lowest BCUT2D eigenvalue weighted by Crippen LogP contribution is -2.42. The monoisotopic (exact) mass is 966 g/mol. The van der Waals surface area contributed by atoms with Crippen molar-refractivity contribution in [3.63, 3.8) is 0 Å². The van der Waals surface area contributed by atoms with E-state index >= 15 is 0 Å². The highest BCUT2D eigenvalue weighted by atomic mass is 32.1. The Morgan fingerprint density at radius 3 is 1.26 bits per heavy atom. The van der Waals surface area contributed by atoms with Crippen LogP contribution < -0.4 is 10.6 Å². The van der Waals surface area contributed by atoms with Gasteiger partial charge in [-0.1, -0.05) is 109 Å². The number of hydrogen-bond donors (Lipinski definition) is 2. The average molecular weight is 967 g/mol. The summed E-state index contributed by atoms with van der Waals surface area (Å²) in [5.74, 6) is -0.573. The molecule has 0 bridgehead atoms. The van der Waals surface area contributed by atoms with Gasteiger partial charge in [0.05, 0.1) is 21.8 Å². The summed E-state index contributed by atoms with van der Waals surface area (Å²) in [6.07, 6.45) is 15.4. The van der Waals surface area contributed by atoms with Crippen molar-refractivity contribution in [3.8, 4) is 32.0 Å². The highest BCUT2D eigenvalue weighted by molar-refractivity contribution is 7.15. The molecule has 2 N–H and O–H groups in total. The van der Waals surface area contributed by atoms with Crippen molar-refractivity contribution in [1.82, 2.24) is 39.5 Å². The predicted octanol–water partition coefficient (Wildman–Crippen LogP) is 10.4. The Kier molecular flexibility index (Phi) is 14.2. The predicted molar refractivity (Wildman–Crippen MR) is 274 cm³/mol. The Hall–Kier alpha value is -7.42. The number of hydrogen-bond acceptors (Lipinski definition) is 8. The SMILES string of the molecule is O=C(CCn1cccc1)N[C@H](C(=O)N1CCC[C@H]1c1ncc(-c2ccc(-c3ccc(-c4cnc([C@@H]5CCCN5C(=O)[C@H](NC(=O)CCn5cccc5)c5ccccc5)s4)cc3)cc2)s1)c1ccccc1. The van der Waals surface area contributed by atoms with Gasteiger partial charge in [0.2, 0.25) is 23.6 Å². The third kappa shape index (κ3) is 10.6. The van der Waals surface area contributed by atoms with Crippen molar-refractivity contribution in [2.75, 3.05) is 13.1 Å². The lowest BCUT2D eigenvalue weighted by Gasteiger charge is -2.28. The maximum Gasteiger partial charge on any atom is 0.250 e. The van der Waals surface area contributed by atoms with Gasteiger partial charge < -0.3 is 29.6 Å². The van der Waals surface area contributed by atoms with Crippen LogP contribution in [0.15, 0.2) is 171 Å². The molecule has 4 atom stereocenters. The smallest absolute Gasteiger partial charge is 0.250 e. The second kappa shape index (κ2) is 21.5.